The van der Waals surface area contributed by atoms with E-state index >= 15 is 0 Å². The van der Waals surface area contributed by atoms with Crippen molar-refractivity contribution in [2.45, 2.75) is 0 Å². The molecule has 21 heavy (non-hydrogen) atoms. The molecule has 2 aromatic rings. The summed E-state index contributed by atoms with van der Waals surface area (Å²) in [5, 5.41) is 5.81. The zero-order valence-corrected chi connectivity index (χ0v) is 11.5. The largest absolute Gasteiger partial charge is 0.335 e. The SMILES string of the molecule is O=C1NC(=O)N(c2ccncc2)C(=O)/C1=C/c1ccsc1. The Balaban J connectivity index is 2.02. The standard InChI is InChI=1S/C14H9N3O3S/c18-12-11(7-9-3-6-21-8-9)13(19)17(14(20)16-12)10-1-4-15-5-2-10/h1-8H,(H,16,18,20)/b11-7+. The first-order chi connectivity index (χ1) is 10.2. The lowest BCUT2D eigenvalue weighted by atomic mass is 10.1. The highest BCUT2D eigenvalue weighted by Gasteiger charge is 2.36. The zero-order valence-electron chi connectivity index (χ0n) is 10.6. The molecule has 1 saturated heterocycles. The molecule has 4 amide bonds. The predicted octanol–water partition coefficient (Wildman–Crippen LogP) is 1.81. The van der Waals surface area contributed by atoms with Crippen LogP contribution in [0.25, 0.3) is 6.08 Å². The number of urea groups is 1. The summed E-state index contributed by atoms with van der Waals surface area (Å²) >= 11 is 1.45. The van der Waals surface area contributed by atoms with Gasteiger partial charge in [-0.15, -0.1) is 0 Å². The molecule has 104 valence electrons. The van der Waals surface area contributed by atoms with Crippen LogP contribution in [0.2, 0.25) is 0 Å². The summed E-state index contributed by atoms with van der Waals surface area (Å²) in [6, 6.07) is 4.06. The number of amides is 4. The number of nitrogens with one attached hydrogen (secondary N) is 1. The third-order valence-corrected chi connectivity index (χ3v) is 3.58. The molecule has 0 saturated carbocycles. The van der Waals surface area contributed by atoms with Gasteiger partial charge in [0.25, 0.3) is 11.8 Å². The van der Waals surface area contributed by atoms with E-state index in [2.05, 4.69) is 10.3 Å². The van der Waals surface area contributed by atoms with E-state index in [0.29, 0.717) is 5.69 Å². The number of imide groups is 2. The summed E-state index contributed by atoms with van der Waals surface area (Å²) in [4.78, 5) is 40.9. The molecule has 0 unspecified atom stereocenters. The van der Waals surface area contributed by atoms with Crippen molar-refractivity contribution in [2.75, 3.05) is 4.90 Å². The number of thiophene rings is 1. The van der Waals surface area contributed by atoms with E-state index in [4.69, 9.17) is 0 Å². The fourth-order valence-electron chi connectivity index (χ4n) is 1.91. The second-order valence-electron chi connectivity index (χ2n) is 4.22. The van der Waals surface area contributed by atoms with Gasteiger partial charge in [-0.05, 0) is 40.6 Å². The van der Waals surface area contributed by atoms with E-state index in [1.807, 2.05) is 5.38 Å². The van der Waals surface area contributed by atoms with Crippen molar-refractivity contribution in [3.8, 4) is 0 Å². The molecule has 0 radical (unpaired) electrons. The highest BCUT2D eigenvalue weighted by Crippen LogP contribution is 2.21. The summed E-state index contributed by atoms with van der Waals surface area (Å²) in [6.07, 6.45) is 4.40. The first-order valence-corrected chi connectivity index (χ1v) is 6.95. The molecule has 7 heteroatoms. The molecule has 6 nitrogen and oxygen atoms in total. The van der Waals surface area contributed by atoms with Crippen LogP contribution < -0.4 is 10.2 Å². The van der Waals surface area contributed by atoms with E-state index in [1.165, 1.54) is 41.9 Å². The summed E-state index contributed by atoms with van der Waals surface area (Å²) in [7, 11) is 0. The van der Waals surface area contributed by atoms with Crippen molar-refractivity contribution >= 4 is 40.9 Å². The number of nitrogens with zero attached hydrogens (tertiary/aromatic N) is 2. The molecule has 0 aromatic carbocycles. The number of carbonyl (C=O) groups is 3. The Morgan fingerprint density at radius 1 is 1.14 bits per heavy atom. The van der Waals surface area contributed by atoms with Gasteiger partial charge >= 0.3 is 6.03 Å². The fourth-order valence-corrected chi connectivity index (χ4v) is 2.53. The highest BCUT2D eigenvalue weighted by molar-refractivity contribution is 7.08. The van der Waals surface area contributed by atoms with Crippen molar-refractivity contribution in [2.24, 2.45) is 0 Å². The topological polar surface area (TPSA) is 79.4 Å². The summed E-state index contributed by atoms with van der Waals surface area (Å²) in [6.45, 7) is 0. The van der Waals surface area contributed by atoms with Crippen LogP contribution in [0.5, 0.6) is 0 Å². The Morgan fingerprint density at radius 3 is 2.57 bits per heavy atom. The molecule has 3 heterocycles. The Morgan fingerprint density at radius 2 is 1.90 bits per heavy atom. The average Bonchev–Trinajstić information content (AvgIpc) is 2.97. The van der Waals surface area contributed by atoms with Crippen molar-refractivity contribution in [3.63, 3.8) is 0 Å². The van der Waals surface area contributed by atoms with Crippen LogP contribution in [0, 0.1) is 0 Å². The van der Waals surface area contributed by atoms with Gasteiger partial charge in [-0.25, -0.2) is 9.69 Å². The summed E-state index contributed by atoms with van der Waals surface area (Å²) in [5.41, 5.74) is 1.02. The molecule has 1 N–H and O–H groups in total. The van der Waals surface area contributed by atoms with Crippen LogP contribution in [0.15, 0.2) is 46.9 Å². The lowest BCUT2D eigenvalue weighted by Gasteiger charge is -2.26. The third-order valence-electron chi connectivity index (χ3n) is 2.88. The van der Waals surface area contributed by atoms with Crippen LogP contribution in [-0.2, 0) is 9.59 Å². The number of rotatable bonds is 2. The minimum atomic E-state index is -0.765. The first-order valence-electron chi connectivity index (χ1n) is 6.00. The van der Waals surface area contributed by atoms with Crippen molar-refractivity contribution < 1.29 is 14.4 Å². The van der Waals surface area contributed by atoms with Crippen LogP contribution in [0.3, 0.4) is 0 Å². The van der Waals surface area contributed by atoms with Crippen LogP contribution in [0.1, 0.15) is 5.56 Å². The molecule has 0 spiro atoms. The molecule has 1 aliphatic heterocycles. The lowest BCUT2D eigenvalue weighted by molar-refractivity contribution is -0.122. The molecular formula is C14H9N3O3S. The number of aromatic nitrogens is 1. The van der Waals surface area contributed by atoms with Crippen LogP contribution >= 0.6 is 11.3 Å². The van der Waals surface area contributed by atoms with E-state index in [0.717, 1.165) is 10.5 Å². The van der Waals surface area contributed by atoms with Gasteiger partial charge in [0.2, 0.25) is 0 Å². The predicted molar refractivity (Wildman–Crippen MR) is 77.6 cm³/mol. The smallest absolute Gasteiger partial charge is 0.273 e. The third kappa shape index (κ3) is 2.46. The molecule has 0 aliphatic carbocycles. The maximum atomic E-state index is 12.4. The van der Waals surface area contributed by atoms with E-state index in [9.17, 15) is 14.4 Å². The second-order valence-corrected chi connectivity index (χ2v) is 5.00. The number of anilines is 1. The van der Waals surface area contributed by atoms with Gasteiger partial charge in [0, 0.05) is 12.4 Å². The molecule has 0 bridgehead atoms. The number of pyridine rings is 1. The molecule has 3 rings (SSSR count). The molecule has 1 fully saturated rings. The normalized spacial score (nSPS) is 17.2. The highest BCUT2D eigenvalue weighted by atomic mass is 32.1. The van der Waals surface area contributed by atoms with Gasteiger partial charge in [0.15, 0.2) is 0 Å². The maximum absolute atomic E-state index is 12.4. The Kier molecular flexibility index (Phi) is 3.33. The van der Waals surface area contributed by atoms with E-state index < -0.39 is 17.8 Å². The summed E-state index contributed by atoms with van der Waals surface area (Å²) in [5.74, 6) is -1.34. The number of hydrogen-bond donors (Lipinski definition) is 1. The van der Waals surface area contributed by atoms with Crippen molar-refractivity contribution in [3.05, 3.63) is 52.5 Å². The number of barbiturate groups is 1. The molecule has 2 aromatic heterocycles. The first kappa shape index (κ1) is 13.2. The quantitative estimate of drug-likeness (QED) is 0.677. The maximum Gasteiger partial charge on any atom is 0.335 e. The average molecular weight is 299 g/mol. The number of carbonyl (C=O) groups excluding carboxylic acids is 3. The second kappa shape index (κ2) is 5.29. The fraction of sp³-hybridized carbons (Fsp3) is 0. The van der Waals surface area contributed by atoms with Crippen molar-refractivity contribution in [1.82, 2.24) is 10.3 Å². The minimum absolute atomic E-state index is 0.0789. The van der Waals surface area contributed by atoms with Gasteiger partial charge in [0.1, 0.15) is 5.57 Å². The van der Waals surface area contributed by atoms with Gasteiger partial charge in [-0.2, -0.15) is 11.3 Å². The number of hydrogen-bond acceptors (Lipinski definition) is 5. The lowest BCUT2D eigenvalue weighted by Crippen LogP contribution is -2.54. The van der Waals surface area contributed by atoms with Crippen LogP contribution in [0.4, 0.5) is 10.5 Å². The van der Waals surface area contributed by atoms with Gasteiger partial charge in [-0.1, -0.05) is 0 Å². The summed E-state index contributed by atoms with van der Waals surface area (Å²) < 4.78 is 0. The zero-order chi connectivity index (χ0) is 14.8. The van der Waals surface area contributed by atoms with Gasteiger partial charge < -0.3 is 0 Å². The Hall–Kier alpha value is -2.80. The Labute approximate surface area is 123 Å². The molecular weight excluding hydrogens is 290 g/mol. The molecule has 1 aliphatic rings. The van der Waals surface area contributed by atoms with E-state index in [-0.39, 0.29) is 5.57 Å². The van der Waals surface area contributed by atoms with Crippen molar-refractivity contribution in [1.29, 1.82) is 0 Å². The minimum Gasteiger partial charge on any atom is -0.273 e. The monoisotopic (exact) mass is 299 g/mol. The molecule has 0 atom stereocenters. The van der Waals surface area contributed by atoms with Gasteiger partial charge in [-0.3, -0.25) is 19.9 Å². The van der Waals surface area contributed by atoms with Crippen LogP contribution in [-0.4, -0.2) is 22.8 Å². The van der Waals surface area contributed by atoms with Gasteiger partial charge in [0.05, 0.1) is 5.69 Å². The van der Waals surface area contributed by atoms with E-state index in [1.54, 1.807) is 11.4 Å². The Bertz CT molecular complexity index is 738.